The molecule has 118 valence electrons. The van der Waals surface area contributed by atoms with Crippen LogP contribution in [0.5, 0.6) is 0 Å². The van der Waals surface area contributed by atoms with E-state index in [4.69, 9.17) is 0 Å². The first-order valence-corrected chi connectivity index (χ1v) is 8.86. The van der Waals surface area contributed by atoms with Gasteiger partial charge in [0.25, 0.3) is 0 Å². The number of hydrogen-bond donors (Lipinski definition) is 1. The van der Waals surface area contributed by atoms with Crippen LogP contribution in [0.2, 0.25) is 0 Å². The molecule has 0 bridgehead atoms. The fourth-order valence-corrected chi connectivity index (χ4v) is 3.52. The monoisotopic (exact) mass is 308 g/mol. The van der Waals surface area contributed by atoms with Crippen molar-refractivity contribution in [2.24, 2.45) is 0 Å². The quantitative estimate of drug-likeness (QED) is 0.818. The lowest BCUT2D eigenvalue weighted by Crippen LogP contribution is -2.47. The van der Waals surface area contributed by atoms with E-state index in [1.165, 1.54) is 4.90 Å². The topological polar surface area (TPSA) is 26.7 Å². The van der Waals surface area contributed by atoms with Gasteiger partial charge >= 0.3 is 0 Å². The Morgan fingerprint density at radius 1 is 1.05 bits per heavy atom. The van der Waals surface area contributed by atoms with Crippen LogP contribution in [0.25, 0.3) is 0 Å². The molecule has 0 radical (unpaired) electrons. The Morgan fingerprint density at radius 2 is 1.62 bits per heavy atom. The highest BCUT2D eigenvalue weighted by atomic mass is 32.2. The minimum absolute atomic E-state index is 0.378. The number of thioether (sulfide) groups is 1. The Hall–Kier alpha value is -0.550. The Balaban J connectivity index is 1.84. The molecule has 0 spiro atoms. The van der Waals surface area contributed by atoms with Crippen molar-refractivity contribution in [2.75, 3.05) is 39.3 Å². The van der Waals surface area contributed by atoms with Gasteiger partial charge in [-0.2, -0.15) is 0 Å². The van der Waals surface area contributed by atoms with Gasteiger partial charge in [0.2, 0.25) is 0 Å². The first kappa shape index (κ1) is 16.8. The number of piperazine rings is 1. The van der Waals surface area contributed by atoms with Gasteiger partial charge in [0, 0.05) is 42.9 Å². The summed E-state index contributed by atoms with van der Waals surface area (Å²) in [4.78, 5) is 6.10. The summed E-state index contributed by atoms with van der Waals surface area (Å²) in [6, 6.07) is 8.38. The summed E-state index contributed by atoms with van der Waals surface area (Å²) in [5, 5.41) is 11.0. The minimum atomic E-state index is -0.378. The average Bonchev–Trinajstić information content (AvgIpc) is 2.48. The molecule has 2 rings (SSSR count). The Bertz CT molecular complexity index is 413. The zero-order valence-electron chi connectivity index (χ0n) is 13.5. The van der Waals surface area contributed by atoms with Crippen molar-refractivity contribution in [1.82, 2.24) is 9.80 Å². The van der Waals surface area contributed by atoms with Gasteiger partial charge < -0.3 is 10.0 Å². The van der Waals surface area contributed by atoms with Gasteiger partial charge in [0.05, 0.1) is 6.10 Å². The average molecular weight is 308 g/mol. The Morgan fingerprint density at radius 3 is 2.14 bits per heavy atom. The van der Waals surface area contributed by atoms with Gasteiger partial charge in [-0.05, 0) is 24.2 Å². The van der Waals surface area contributed by atoms with E-state index in [9.17, 15) is 5.11 Å². The number of aliphatic hydroxyl groups excluding tert-OH is 1. The largest absolute Gasteiger partial charge is 0.387 e. The van der Waals surface area contributed by atoms with E-state index in [1.807, 2.05) is 11.8 Å². The van der Waals surface area contributed by atoms with Gasteiger partial charge in [-0.15, -0.1) is 11.8 Å². The molecule has 1 atom stereocenters. The van der Waals surface area contributed by atoms with Crippen molar-refractivity contribution in [3.63, 3.8) is 0 Å². The molecule has 0 aromatic heterocycles. The summed E-state index contributed by atoms with van der Waals surface area (Å²) >= 11 is 1.86. The van der Waals surface area contributed by atoms with Crippen LogP contribution in [0.4, 0.5) is 0 Å². The molecule has 1 heterocycles. The summed E-state index contributed by atoms with van der Waals surface area (Å²) in [7, 11) is 0. The number of aliphatic hydroxyl groups is 1. The molecule has 21 heavy (non-hydrogen) atoms. The van der Waals surface area contributed by atoms with E-state index < -0.39 is 0 Å². The third-order valence-electron chi connectivity index (χ3n) is 3.98. The van der Waals surface area contributed by atoms with Crippen LogP contribution >= 0.6 is 11.8 Å². The second-order valence-electron chi connectivity index (χ2n) is 5.99. The molecule has 3 nitrogen and oxygen atoms in total. The zero-order chi connectivity index (χ0) is 15.2. The molecule has 1 saturated heterocycles. The third-order valence-corrected chi connectivity index (χ3v) is 5.00. The summed E-state index contributed by atoms with van der Waals surface area (Å²) in [5.41, 5.74) is 1.03. The number of benzene rings is 1. The normalized spacial score (nSPS) is 19.1. The van der Waals surface area contributed by atoms with Crippen LogP contribution in [0.1, 0.15) is 32.4 Å². The second kappa shape index (κ2) is 8.18. The molecule has 1 N–H and O–H groups in total. The molecule has 0 saturated carbocycles. The van der Waals surface area contributed by atoms with Crippen molar-refractivity contribution >= 4 is 11.8 Å². The summed E-state index contributed by atoms with van der Waals surface area (Å²) in [5.74, 6) is 0. The van der Waals surface area contributed by atoms with Crippen LogP contribution in [-0.2, 0) is 0 Å². The number of β-amino-alcohol motifs (C(OH)–C–C–N with tert-alkyl or cyclic N) is 1. The van der Waals surface area contributed by atoms with Crippen molar-refractivity contribution < 1.29 is 5.11 Å². The van der Waals surface area contributed by atoms with Crippen LogP contribution in [0, 0.1) is 0 Å². The summed E-state index contributed by atoms with van der Waals surface area (Å²) in [6.07, 6.45) is -0.378. The van der Waals surface area contributed by atoms with Crippen molar-refractivity contribution in [1.29, 1.82) is 0 Å². The van der Waals surface area contributed by atoms with Gasteiger partial charge in [0.15, 0.2) is 0 Å². The molecule has 1 fully saturated rings. The smallest absolute Gasteiger partial charge is 0.0916 e. The Labute approximate surface area is 133 Å². The predicted octanol–water partition coefficient (Wildman–Crippen LogP) is 2.86. The molecule has 4 heteroatoms. The first-order chi connectivity index (χ1) is 10.1. The van der Waals surface area contributed by atoms with E-state index in [0.717, 1.165) is 44.8 Å². The number of nitrogens with zero attached hydrogens (tertiary/aromatic N) is 2. The van der Waals surface area contributed by atoms with E-state index in [-0.39, 0.29) is 6.10 Å². The number of likely N-dealkylation sites (N-methyl/N-ethyl adjacent to an activating group) is 1. The molecule has 1 aliphatic rings. The highest BCUT2D eigenvalue weighted by Gasteiger charge is 2.18. The maximum absolute atomic E-state index is 10.4. The Kier molecular flexibility index (Phi) is 6.55. The van der Waals surface area contributed by atoms with Gasteiger partial charge in [0.1, 0.15) is 0 Å². The standard InChI is InChI=1S/C17H28N2OS/c1-4-18-9-11-19(12-10-18)13-17(20)15-5-7-16(8-6-15)21-14(2)3/h5-8,14,17,20H,4,9-13H2,1-3H3. The van der Waals surface area contributed by atoms with E-state index in [2.05, 4.69) is 54.8 Å². The van der Waals surface area contributed by atoms with Crippen LogP contribution in [0.3, 0.4) is 0 Å². The summed E-state index contributed by atoms with van der Waals surface area (Å²) < 4.78 is 0. The van der Waals surface area contributed by atoms with Crippen molar-refractivity contribution in [3.05, 3.63) is 29.8 Å². The van der Waals surface area contributed by atoms with E-state index in [0.29, 0.717) is 5.25 Å². The molecule has 1 aromatic rings. The maximum atomic E-state index is 10.4. The van der Waals surface area contributed by atoms with Gasteiger partial charge in [-0.3, -0.25) is 4.90 Å². The predicted molar refractivity (Wildman–Crippen MR) is 90.9 cm³/mol. The fourth-order valence-electron chi connectivity index (χ4n) is 2.68. The number of hydrogen-bond acceptors (Lipinski definition) is 4. The highest BCUT2D eigenvalue weighted by Crippen LogP contribution is 2.25. The van der Waals surface area contributed by atoms with Crippen LogP contribution in [0.15, 0.2) is 29.2 Å². The first-order valence-electron chi connectivity index (χ1n) is 7.98. The molecule has 1 aliphatic heterocycles. The van der Waals surface area contributed by atoms with Gasteiger partial charge in [-0.1, -0.05) is 32.9 Å². The minimum Gasteiger partial charge on any atom is -0.387 e. The second-order valence-corrected chi connectivity index (χ2v) is 7.64. The van der Waals surface area contributed by atoms with Crippen molar-refractivity contribution in [3.8, 4) is 0 Å². The van der Waals surface area contributed by atoms with Gasteiger partial charge in [-0.25, -0.2) is 0 Å². The highest BCUT2D eigenvalue weighted by molar-refractivity contribution is 7.99. The van der Waals surface area contributed by atoms with Crippen LogP contribution < -0.4 is 0 Å². The molecule has 1 unspecified atom stereocenters. The summed E-state index contributed by atoms with van der Waals surface area (Å²) in [6.45, 7) is 12.8. The molecule has 0 aliphatic carbocycles. The third kappa shape index (κ3) is 5.29. The molecule has 1 aromatic carbocycles. The van der Waals surface area contributed by atoms with Crippen LogP contribution in [-0.4, -0.2) is 59.4 Å². The van der Waals surface area contributed by atoms with Crippen molar-refractivity contribution in [2.45, 2.75) is 37.0 Å². The lowest BCUT2D eigenvalue weighted by Gasteiger charge is -2.35. The van der Waals surface area contributed by atoms with E-state index >= 15 is 0 Å². The SMILES string of the molecule is CCN1CCN(CC(O)c2ccc(SC(C)C)cc2)CC1. The lowest BCUT2D eigenvalue weighted by molar-refractivity contribution is 0.0744. The zero-order valence-corrected chi connectivity index (χ0v) is 14.3. The van der Waals surface area contributed by atoms with E-state index in [1.54, 1.807) is 0 Å². The molecular formula is C17H28N2OS. The molecular weight excluding hydrogens is 280 g/mol. The fraction of sp³-hybridized carbons (Fsp3) is 0.647. The lowest BCUT2D eigenvalue weighted by atomic mass is 10.1. The maximum Gasteiger partial charge on any atom is 0.0916 e. The molecule has 0 amide bonds. The number of rotatable bonds is 6.